The summed E-state index contributed by atoms with van der Waals surface area (Å²) in [7, 11) is 0. The Morgan fingerprint density at radius 1 is 1.05 bits per heavy atom. The molecule has 2 aromatic rings. The minimum absolute atomic E-state index is 0.276. The Morgan fingerprint density at radius 3 is 2.62 bits per heavy atom. The van der Waals surface area contributed by atoms with Gasteiger partial charge in [-0.3, -0.25) is 4.90 Å². The zero-order chi connectivity index (χ0) is 14.7. The molecule has 1 unspecified atom stereocenters. The maximum Gasteiger partial charge on any atom is 0.160 e. The number of hydrogen-bond acceptors (Lipinski definition) is 2. The molecule has 1 aliphatic heterocycles. The second kappa shape index (κ2) is 6.22. The van der Waals surface area contributed by atoms with Crippen molar-refractivity contribution >= 4 is 5.69 Å². The average Bonchev–Trinajstić information content (AvgIpc) is 2.91. The number of likely N-dealkylation sites (tertiary alicyclic amines) is 1. The lowest BCUT2D eigenvalue weighted by molar-refractivity contribution is 0.328. The van der Waals surface area contributed by atoms with Gasteiger partial charge in [-0.1, -0.05) is 30.3 Å². The number of nitrogens with one attached hydrogen (secondary N) is 1. The maximum atomic E-state index is 13.2. The standard InChI is InChI=1S/C17H18F2N2/c18-16-7-6-14(10-17(16)19)20-15-8-9-21(12-15)11-13-4-2-1-3-5-13/h1-7,10,15,20H,8-9,11-12H2. The number of anilines is 1. The summed E-state index contributed by atoms with van der Waals surface area (Å²) in [5.74, 6) is -1.61. The highest BCUT2D eigenvalue weighted by atomic mass is 19.2. The molecule has 1 fully saturated rings. The molecule has 21 heavy (non-hydrogen) atoms. The molecule has 1 aliphatic rings. The predicted molar refractivity (Wildman–Crippen MR) is 80.1 cm³/mol. The number of benzene rings is 2. The topological polar surface area (TPSA) is 15.3 Å². The van der Waals surface area contributed by atoms with Gasteiger partial charge < -0.3 is 5.32 Å². The first-order valence-electron chi connectivity index (χ1n) is 7.18. The van der Waals surface area contributed by atoms with Crippen LogP contribution in [0.3, 0.4) is 0 Å². The van der Waals surface area contributed by atoms with E-state index in [-0.39, 0.29) is 6.04 Å². The van der Waals surface area contributed by atoms with E-state index in [2.05, 4.69) is 22.3 Å². The van der Waals surface area contributed by atoms with Crippen molar-refractivity contribution in [3.05, 3.63) is 65.7 Å². The van der Waals surface area contributed by atoms with E-state index in [0.717, 1.165) is 32.1 Å². The Hall–Kier alpha value is -1.94. The molecule has 0 amide bonds. The molecule has 2 aromatic carbocycles. The molecular formula is C17H18F2N2. The largest absolute Gasteiger partial charge is 0.381 e. The van der Waals surface area contributed by atoms with Crippen LogP contribution < -0.4 is 5.32 Å². The molecule has 3 rings (SSSR count). The highest BCUT2D eigenvalue weighted by Crippen LogP contribution is 2.19. The van der Waals surface area contributed by atoms with Crippen LogP contribution in [-0.4, -0.2) is 24.0 Å². The Morgan fingerprint density at radius 2 is 1.86 bits per heavy atom. The Kier molecular flexibility index (Phi) is 4.15. The molecule has 0 aliphatic carbocycles. The first-order valence-corrected chi connectivity index (χ1v) is 7.18. The molecule has 0 radical (unpaired) electrons. The summed E-state index contributed by atoms with van der Waals surface area (Å²) in [5, 5.41) is 3.28. The molecule has 2 nitrogen and oxygen atoms in total. The van der Waals surface area contributed by atoms with Crippen molar-refractivity contribution in [3.63, 3.8) is 0 Å². The van der Waals surface area contributed by atoms with Gasteiger partial charge in [-0.25, -0.2) is 8.78 Å². The summed E-state index contributed by atoms with van der Waals surface area (Å²) in [6.07, 6.45) is 1.01. The zero-order valence-electron chi connectivity index (χ0n) is 11.7. The van der Waals surface area contributed by atoms with Gasteiger partial charge in [0, 0.05) is 37.4 Å². The third-order valence-electron chi connectivity index (χ3n) is 3.81. The Labute approximate surface area is 123 Å². The molecule has 4 heteroatoms. The van der Waals surface area contributed by atoms with Crippen LogP contribution >= 0.6 is 0 Å². The fourth-order valence-electron chi connectivity index (χ4n) is 2.76. The van der Waals surface area contributed by atoms with Crippen LogP contribution in [0.25, 0.3) is 0 Å². The van der Waals surface area contributed by atoms with Gasteiger partial charge in [0.2, 0.25) is 0 Å². The van der Waals surface area contributed by atoms with E-state index in [1.807, 2.05) is 18.2 Å². The molecule has 0 spiro atoms. The van der Waals surface area contributed by atoms with Crippen molar-refractivity contribution in [1.82, 2.24) is 4.90 Å². The van der Waals surface area contributed by atoms with Gasteiger partial charge in [-0.05, 0) is 24.1 Å². The molecule has 0 bridgehead atoms. The van der Waals surface area contributed by atoms with E-state index < -0.39 is 11.6 Å². The van der Waals surface area contributed by atoms with Gasteiger partial charge in [0.1, 0.15) is 0 Å². The molecule has 1 saturated heterocycles. The Balaban J connectivity index is 1.56. The second-order valence-corrected chi connectivity index (χ2v) is 5.48. The third-order valence-corrected chi connectivity index (χ3v) is 3.81. The fourth-order valence-corrected chi connectivity index (χ4v) is 2.76. The van der Waals surface area contributed by atoms with Gasteiger partial charge in [0.05, 0.1) is 0 Å². The van der Waals surface area contributed by atoms with Crippen LogP contribution in [0.5, 0.6) is 0 Å². The number of rotatable bonds is 4. The molecule has 0 saturated carbocycles. The summed E-state index contributed by atoms with van der Waals surface area (Å²) in [5.41, 5.74) is 1.94. The summed E-state index contributed by atoms with van der Waals surface area (Å²) in [6.45, 7) is 2.85. The van der Waals surface area contributed by atoms with E-state index in [9.17, 15) is 8.78 Å². The molecular weight excluding hydrogens is 270 g/mol. The van der Waals surface area contributed by atoms with Crippen molar-refractivity contribution in [3.8, 4) is 0 Å². The van der Waals surface area contributed by atoms with Gasteiger partial charge in [-0.2, -0.15) is 0 Å². The van der Waals surface area contributed by atoms with Crippen molar-refractivity contribution in [2.45, 2.75) is 19.0 Å². The third kappa shape index (κ3) is 3.58. The first-order chi connectivity index (χ1) is 10.2. The highest BCUT2D eigenvalue weighted by Gasteiger charge is 2.22. The van der Waals surface area contributed by atoms with Crippen molar-refractivity contribution in [1.29, 1.82) is 0 Å². The van der Waals surface area contributed by atoms with Gasteiger partial charge in [0.15, 0.2) is 11.6 Å². The van der Waals surface area contributed by atoms with Crippen LogP contribution in [-0.2, 0) is 6.54 Å². The summed E-state index contributed by atoms with van der Waals surface area (Å²) in [4.78, 5) is 2.37. The van der Waals surface area contributed by atoms with Crippen LogP contribution in [0.2, 0.25) is 0 Å². The first kappa shape index (κ1) is 14.0. The van der Waals surface area contributed by atoms with E-state index in [1.165, 1.54) is 11.6 Å². The zero-order valence-corrected chi connectivity index (χ0v) is 11.7. The summed E-state index contributed by atoms with van der Waals surface area (Å²) >= 11 is 0. The SMILES string of the molecule is Fc1ccc(NC2CCN(Cc3ccccc3)C2)cc1F. The predicted octanol–water partition coefficient (Wildman–Crippen LogP) is 3.65. The minimum atomic E-state index is -0.808. The van der Waals surface area contributed by atoms with E-state index in [0.29, 0.717) is 5.69 Å². The van der Waals surface area contributed by atoms with E-state index >= 15 is 0 Å². The second-order valence-electron chi connectivity index (χ2n) is 5.48. The van der Waals surface area contributed by atoms with Crippen molar-refractivity contribution in [2.24, 2.45) is 0 Å². The van der Waals surface area contributed by atoms with Crippen molar-refractivity contribution in [2.75, 3.05) is 18.4 Å². The number of nitrogens with zero attached hydrogens (tertiary/aromatic N) is 1. The summed E-state index contributed by atoms with van der Waals surface area (Å²) < 4.78 is 26.1. The van der Waals surface area contributed by atoms with E-state index in [1.54, 1.807) is 6.07 Å². The van der Waals surface area contributed by atoms with Crippen LogP contribution in [0, 0.1) is 11.6 Å². The van der Waals surface area contributed by atoms with Crippen LogP contribution in [0.4, 0.5) is 14.5 Å². The average molecular weight is 288 g/mol. The van der Waals surface area contributed by atoms with Gasteiger partial charge >= 0.3 is 0 Å². The van der Waals surface area contributed by atoms with E-state index in [4.69, 9.17) is 0 Å². The smallest absolute Gasteiger partial charge is 0.160 e. The number of halogens is 2. The molecule has 1 heterocycles. The normalized spacial score (nSPS) is 18.9. The molecule has 0 aromatic heterocycles. The minimum Gasteiger partial charge on any atom is -0.381 e. The molecule has 110 valence electrons. The van der Waals surface area contributed by atoms with Gasteiger partial charge in [-0.15, -0.1) is 0 Å². The van der Waals surface area contributed by atoms with Crippen LogP contribution in [0.15, 0.2) is 48.5 Å². The maximum absolute atomic E-state index is 13.2. The monoisotopic (exact) mass is 288 g/mol. The quantitative estimate of drug-likeness (QED) is 0.924. The van der Waals surface area contributed by atoms with Gasteiger partial charge in [0.25, 0.3) is 0 Å². The molecule has 1 N–H and O–H groups in total. The Bertz CT molecular complexity index is 601. The van der Waals surface area contributed by atoms with Crippen LogP contribution in [0.1, 0.15) is 12.0 Å². The molecule has 1 atom stereocenters. The summed E-state index contributed by atoms with van der Waals surface area (Å²) in [6, 6.07) is 14.6. The lowest BCUT2D eigenvalue weighted by Crippen LogP contribution is -2.26. The lowest BCUT2D eigenvalue weighted by Gasteiger charge is -2.17. The van der Waals surface area contributed by atoms with Crippen molar-refractivity contribution < 1.29 is 8.78 Å². The number of hydrogen-bond donors (Lipinski definition) is 1. The highest BCUT2D eigenvalue weighted by molar-refractivity contribution is 5.44. The fraction of sp³-hybridized carbons (Fsp3) is 0.294. The lowest BCUT2D eigenvalue weighted by atomic mass is 10.2.